The number of hydrogen-bond acceptors (Lipinski definition) is 5. The fourth-order valence-electron chi connectivity index (χ4n) is 0.821. The normalized spacial score (nSPS) is 10.7. The molecule has 0 aromatic rings. The first-order chi connectivity index (χ1) is 7.63. The first-order valence-electron chi connectivity index (χ1n) is 4.63. The highest BCUT2D eigenvalue weighted by Gasteiger charge is 2.19. The molecule has 0 fully saturated rings. The van der Waals surface area contributed by atoms with Crippen LogP contribution in [-0.4, -0.2) is 62.3 Å². The highest BCUT2D eigenvalue weighted by molar-refractivity contribution is 7.90. The minimum Gasteiger partial charge on any atom is -0.392 e. The maximum Gasteiger partial charge on any atom is 0.311 e. The molecule has 0 rings (SSSR count). The van der Waals surface area contributed by atoms with Gasteiger partial charge in [-0.1, -0.05) is 12.2 Å². The smallest absolute Gasteiger partial charge is 0.311 e. The third kappa shape index (κ3) is 7.64. The lowest BCUT2D eigenvalue weighted by atomic mass is 10.4. The van der Waals surface area contributed by atoms with Gasteiger partial charge in [0.2, 0.25) is 0 Å². The van der Waals surface area contributed by atoms with Crippen molar-refractivity contribution < 1.29 is 18.0 Å². The molecule has 17 heavy (non-hydrogen) atoms. The van der Waals surface area contributed by atoms with E-state index in [4.69, 9.17) is 5.73 Å². The predicted octanol–water partition coefficient (Wildman–Crippen LogP) is -2.11. The lowest BCUT2D eigenvalue weighted by Crippen LogP contribution is -2.44. The van der Waals surface area contributed by atoms with Crippen LogP contribution in [-0.2, 0) is 19.4 Å². The summed E-state index contributed by atoms with van der Waals surface area (Å²) in [5.74, 6) is -1.89. The van der Waals surface area contributed by atoms with Crippen LogP contribution in [0.15, 0.2) is 0 Å². The van der Waals surface area contributed by atoms with Crippen LogP contribution in [0.3, 0.4) is 0 Å². The Balaban J connectivity index is 4.21. The minimum atomic E-state index is -3.17. The summed E-state index contributed by atoms with van der Waals surface area (Å²) in [5, 5.41) is 2.21. The summed E-state index contributed by atoms with van der Waals surface area (Å²) in [5.41, 5.74) is 5.15. The van der Waals surface area contributed by atoms with E-state index in [9.17, 15) is 18.0 Å². The molecule has 98 valence electrons. The van der Waals surface area contributed by atoms with Crippen molar-refractivity contribution >= 4 is 38.9 Å². The molecular weight excluding hydrogens is 266 g/mol. The Morgan fingerprint density at radius 2 is 1.94 bits per heavy atom. The molecule has 0 aliphatic rings. The van der Waals surface area contributed by atoms with E-state index >= 15 is 0 Å². The molecule has 0 radical (unpaired) electrons. The zero-order valence-electron chi connectivity index (χ0n) is 9.60. The van der Waals surface area contributed by atoms with Crippen LogP contribution in [0.2, 0.25) is 0 Å². The summed E-state index contributed by atoms with van der Waals surface area (Å²) in [7, 11) is -1.83. The van der Waals surface area contributed by atoms with Crippen LogP contribution in [0.1, 0.15) is 0 Å². The molecular formula is C8H15N3O4S2. The van der Waals surface area contributed by atoms with Crippen molar-refractivity contribution in [3.05, 3.63) is 0 Å². The van der Waals surface area contributed by atoms with Gasteiger partial charge >= 0.3 is 11.8 Å². The molecule has 3 N–H and O–H groups in total. The Bertz CT molecular complexity index is 418. The van der Waals surface area contributed by atoms with E-state index in [1.807, 2.05) is 0 Å². The van der Waals surface area contributed by atoms with Crippen LogP contribution in [0, 0.1) is 0 Å². The van der Waals surface area contributed by atoms with Crippen molar-refractivity contribution in [2.24, 2.45) is 5.73 Å². The fraction of sp³-hybridized carbons (Fsp3) is 0.625. The number of hydrogen-bond donors (Lipinski definition) is 2. The summed E-state index contributed by atoms with van der Waals surface area (Å²) >= 11 is 4.53. The van der Waals surface area contributed by atoms with Gasteiger partial charge in [0.25, 0.3) is 0 Å². The van der Waals surface area contributed by atoms with Crippen LogP contribution >= 0.6 is 12.2 Å². The second-order valence-electron chi connectivity index (χ2n) is 3.51. The van der Waals surface area contributed by atoms with E-state index < -0.39 is 21.7 Å². The molecule has 0 aromatic carbocycles. The van der Waals surface area contributed by atoms with Crippen molar-refractivity contribution in [1.82, 2.24) is 10.2 Å². The number of nitrogens with one attached hydrogen (secondary N) is 1. The highest BCUT2D eigenvalue weighted by atomic mass is 32.2. The second kappa shape index (κ2) is 6.50. The Labute approximate surface area is 105 Å². The lowest BCUT2D eigenvalue weighted by molar-refractivity contribution is -0.144. The average Bonchev–Trinajstić information content (AvgIpc) is 2.20. The zero-order valence-corrected chi connectivity index (χ0v) is 11.2. The molecule has 9 heteroatoms. The van der Waals surface area contributed by atoms with Crippen LogP contribution in [0.25, 0.3) is 0 Å². The van der Waals surface area contributed by atoms with Crippen molar-refractivity contribution in [3.63, 3.8) is 0 Å². The summed E-state index contributed by atoms with van der Waals surface area (Å²) in [4.78, 5) is 23.7. The van der Waals surface area contributed by atoms with Gasteiger partial charge in [0.15, 0.2) is 0 Å². The van der Waals surface area contributed by atoms with Crippen molar-refractivity contribution in [2.75, 3.05) is 32.1 Å². The van der Waals surface area contributed by atoms with Crippen molar-refractivity contribution in [1.29, 1.82) is 0 Å². The molecule has 0 saturated carbocycles. The molecule has 7 nitrogen and oxygen atoms in total. The van der Waals surface area contributed by atoms with Crippen molar-refractivity contribution in [3.8, 4) is 0 Å². The number of thiocarbonyl (C=S) groups is 1. The highest BCUT2D eigenvalue weighted by Crippen LogP contribution is 1.89. The van der Waals surface area contributed by atoms with Gasteiger partial charge in [0.05, 0.1) is 17.3 Å². The number of rotatable bonds is 5. The molecule has 2 amide bonds. The third-order valence-corrected chi connectivity index (χ3v) is 2.83. The van der Waals surface area contributed by atoms with Crippen LogP contribution in [0.5, 0.6) is 0 Å². The number of carbonyl (C=O) groups excluding carboxylic acids is 2. The predicted molar refractivity (Wildman–Crippen MR) is 67.1 cm³/mol. The molecule has 0 unspecified atom stereocenters. The van der Waals surface area contributed by atoms with Gasteiger partial charge in [-0.3, -0.25) is 9.59 Å². The van der Waals surface area contributed by atoms with Crippen molar-refractivity contribution in [2.45, 2.75) is 0 Å². The number of carbonyl (C=O) groups is 2. The quantitative estimate of drug-likeness (QED) is 0.441. The summed E-state index contributed by atoms with van der Waals surface area (Å²) in [6.45, 7) is -0.113. The van der Waals surface area contributed by atoms with Gasteiger partial charge in [-0.2, -0.15) is 0 Å². The first-order valence-corrected chi connectivity index (χ1v) is 7.09. The van der Waals surface area contributed by atoms with Gasteiger partial charge < -0.3 is 16.0 Å². The topological polar surface area (TPSA) is 110 Å². The van der Waals surface area contributed by atoms with Gasteiger partial charge in [-0.05, 0) is 0 Å². The number of nitrogens with zero attached hydrogens (tertiary/aromatic N) is 1. The minimum absolute atomic E-state index is 0.0435. The largest absolute Gasteiger partial charge is 0.392 e. The Morgan fingerprint density at radius 3 is 2.35 bits per heavy atom. The Kier molecular flexibility index (Phi) is 6.03. The number of likely N-dealkylation sites (N-methyl/N-ethyl adjacent to an activating group) is 1. The average molecular weight is 281 g/mol. The maximum absolute atomic E-state index is 11.4. The maximum atomic E-state index is 11.4. The van der Waals surface area contributed by atoms with Crippen LogP contribution < -0.4 is 11.1 Å². The fourth-order valence-corrected chi connectivity index (χ4v) is 1.50. The SMILES string of the molecule is CN(CCS(C)(=O)=O)C(=O)C(=O)NCC(N)=S. The molecule has 0 heterocycles. The summed E-state index contributed by atoms with van der Waals surface area (Å²) < 4.78 is 21.7. The molecule has 0 aliphatic carbocycles. The molecule has 0 aliphatic heterocycles. The second-order valence-corrected chi connectivity index (χ2v) is 6.29. The molecule has 0 aromatic heterocycles. The molecule has 0 spiro atoms. The number of sulfone groups is 1. The monoisotopic (exact) mass is 281 g/mol. The third-order valence-electron chi connectivity index (χ3n) is 1.76. The lowest BCUT2D eigenvalue weighted by Gasteiger charge is -2.15. The Hall–Kier alpha value is -1.22. The molecule has 0 atom stereocenters. The Morgan fingerprint density at radius 1 is 1.41 bits per heavy atom. The summed E-state index contributed by atoms with van der Waals surface area (Å²) in [6, 6.07) is 0. The van der Waals surface area contributed by atoms with E-state index in [0.29, 0.717) is 0 Å². The van der Waals surface area contributed by atoms with Gasteiger partial charge in [0, 0.05) is 19.8 Å². The molecule has 0 saturated heterocycles. The first kappa shape index (κ1) is 15.8. The van der Waals surface area contributed by atoms with E-state index in [2.05, 4.69) is 17.5 Å². The van der Waals surface area contributed by atoms with E-state index in [1.165, 1.54) is 7.05 Å². The van der Waals surface area contributed by atoms with Gasteiger partial charge in [-0.25, -0.2) is 8.42 Å². The van der Waals surface area contributed by atoms with E-state index in [-0.39, 0.29) is 23.8 Å². The molecule has 0 bridgehead atoms. The number of nitrogens with two attached hydrogens (primary N) is 1. The summed E-state index contributed by atoms with van der Waals surface area (Å²) in [6.07, 6.45) is 1.05. The van der Waals surface area contributed by atoms with E-state index in [1.54, 1.807) is 0 Å². The van der Waals surface area contributed by atoms with Crippen LogP contribution in [0.4, 0.5) is 0 Å². The van der Waals surface area contributed by atoms with Gasteiger partial charge in [0.1, 0.15) is 9.84 Å². The number of amides is 2. The zero-order chi connectivity index (χ0) is 13.6. The standard InChI is InChI=1S/C8H15N3O4S2/c1-11(3-4-17(2,14)15)8(13)7(12)10-5-6(9)16/h3-5H2,1-2H3,(H2,9,16)(H,10,12). The van der Waals surface area contributed by atoms with E-state index in [0.717, 1.165) is 11.2 Å². The van der Waals surface area contributed by atoms with Gasteiger partial charge in [-0.15, -0.1) is 0 Å².